The summed E-state index contributed by atoms with van der Waals surface area (Å²) in [6, 6.07) is 18.6. The molecule has 1 heterocycles. The average Bonchev–Trinajstić information content (AvgIpc) is 3.05. The maximum atomic E-state index is 14.4. The lowest BCUT2D eigenvalue weighted by Gasteiger charge is -2.18. The Morgan fingerprint density at radius 2 is 1.62 bits per heavy atom. The number of methoxy groups -OCH3 is 1. The van der Waals surface area contributed by atoms with Crippen LogP contribution in [0.1, 0.15) is 11.1 Å². The fourth-order valence-electron chi connectivity index (χ4n) is 3.03. The third-order valence-corrected chi connectivity index (χ3v) is 4.48. The number of amidine groups is 1. The van der Waals surface area contributed by atoms with Crippen molar-refractivity contribution < 1.29 is 18.3 Å². The molecule has 1 aliphatic heterocycles. The molecule has 4 rings (SSSR count). The zero-order valence-corrected chi connectivity index (χ0v) is 15.5. The van der Waals surface area contributed by atoms with Gasteiger partial charge >= 0.3 is 0 Å². The number of rotatable bonds is 4. The highest BCUT2D eigenvalue weighted by Gasteiger charge is 2.33. The number of hydrogen-bond acceptors (Lipinski definition) is 3. The molecule has 3 aromatic carbocycles. The average molecular weight is 390 g/mol. The molecule has 6 heteroatoms. The van der Waals surface area contributed by atoms with Crippen LogP contribution >= 0.6 is 0 Å². The molecule has 0 saturated heterocycles. The van der Waals surface area contributed by atoms with Gasteiger partial charge in [-0.15, -0.1) is 0 Å². The van der Waals surface area contributed by atoms with Crippen molar-refractivity contribution in [1.29, 1.82) is 0 Å². The predicted molar refractivity (Wildman–Crippen MR) is 108 cm³/mol. The summed E-state index contributed by atoms with van der Waals surface area (Å²) in [4.78, 5) is 18.8. The van der Waals surface area contributed by atoms with Gasteiger partial charge in [0.05, 0.1) is 18.4 Å². The standard InChI is InChI=1S/C23H16F2N2O2/c1-29-18-12-6-15(7-13-18)14-21-23(28)27(17-10-8-16(24)9-11-17)22(26-21)19-4-2-3-5-20(19)25/h2-14H,1H3/b21-14+. The summed E-state index contributed by atoms with van der Waals surface area (Å²) in [6.45, 7) is 0. The maximum Gasteiger partial charge on any atom is 0.282 e. The van der Waals surface area contributed by atoms with E-state index in [1.807, 2.05) is 0 Å². The predicted octanol–water partition coefficient (Wildman–Crippen LogP) is 4.81. The topological polar surface area (TPSA) is 41.9 Å². The van der Waals surface area contributed by atoms with Gasteiger partial charge in [-0.2, -0.15) is 0 Å². The number of benzene rings is 3. The van der Waals surface area contributed by atoms with E-state index in [9.17, 15) is 13.6 Å². The lowest BCUT2D eigenvalue weighted by molar-refractivity contribution is -0.113. The first-order valence-electron chi connectivity index (χ1n) is 8.86. The van der Waals surface area contributed by atoms with Gasteiger partial charge in [0.15, 0.2) is 5.84 Å². The van der Waals surface area contributed by atoms with Gasteiger partial charge in [-0.1, -0.05) is 24.3 Å². The number of carbonyl (C=O) groups is 1. The molecule has 0 saturated carbocycles. The van der Waals surface area contributed by atoms with E-state index < -0.39 is 17.5 Å². The van der Waals surface area contributed by atoms with E-state index in [0.717, 1.165) is 5.56 Å². The minimum Gasteiger partial charge on any atom is -0.497 e. The molecule has 29 heavy (non-hydrogen) atoms. The number of ether oxygens (including phenoxy) is 1. The van der Waals surface area contributed by atoms with E-state index in [1.165, 1.54) is 35.2 Å². The summed E-state index contributed by atoms with van der Waals surface area (Å²) in [6.07, 6.45) is 1.62. The van der Waals surface area contributed by atoms with Crippen molar-refractivity contribution >= 4 is 23.5 Å². The second-order valence-electron chi connectivity index (χ2n) is 6.33. The van der Waals surface area contributed by atoms with Gasteiger partial charge in [0.25, 0.3) is 5.91 Å². The monoisotopic (exact) mass is 390 g/mol. The Kier molecular flexibility index (Phi) is 4.91. The van der Waals surface area contributed by atoms with E-state index in [4.69, 9.17) is 4.74 Å². The normalized spacial score (nSPS) is 15.0. The number of aliphatic imine (C=N–C) groups is 1. The molecule has 0 radical (unpaired) electrons. The quantitative estimate of drug-likeness (QED) is 0.600. The van der Waals surface area contributed by atoms with Crippen LogP contribution in [0, 0.1) is 11.6 Å². The zero-order chi connectivity index (χ0) is 20.4. The first-order valence-corrected chi connectivity index (χ1v) is 8.86. The van der Waals surface area contributed by atoms with Crippen molar-refractivity contribution in [3.05, 3.63) is 101 Å². The van der Waals surface area contributed by atoms with Gasteiger partial charge in [-0.05, 0) is 60.2 Å². The summed E-state index contributed by atoms with van der Waals surface area (Å²) in [7, 11) is 1.57. The molecule has 4 nitrogen and oxygen atoms in total. The highest BCUT2D eigenvalue weighted by Crippen LogP contribution is 2.29. The Labute approximate surface area is 166 Å². The summed E-state index contributed by atoms with van der Waals surface area (Å²) in [5, 5.41) is 0. The van der Waals surface area contributed by atoms with Crippen molar-refractivity contribution in [3.8, 4) is 5.75 Å². The fourth-order valence-corrected chi connectivity index (χ4v) is 3.03. The lowest BCUT2D eigenvalue weighted by Crippen LogP contribution is -2.33. The van der Waals surface area contributed by atoms with Crippen LogP contribution in [0.4, 0.5) is 14.5 Å². The Morgan fingerprint density at radius 3 is 2.28 bits per heavy atom. The van der Waals surface area contributed by atoms with Gasteiger partial charge in [0.1, 0.15) is 23.1 Å². The van der Waals surface area contributed by atoms with Gasteiger partial charge in [-0.3, -0.25) is 9.69 Å². The summed E-state index contributed by atoms with van der Waals surface area (Å²) < 4.78 is 32.9. The highest BCUT2D eigenvalue weighted by atomic mass is 19.1. The van der Waals surface area contributed by atoms with Crippen molar-refractivity contribution in [1.82, 2.24) is 0 Å². The third kappa shape index (κ3) is 3.65. The third-order valence-electron chi connectivity index (χ3n) is 4.48. The molecule has 144 valence electrons. The van der Waals surface area contributed by atoms with Crippen molar-refractivity contribution in [2.24, 2.45) is 4.99 Å². The Balaban J connectivity index is 1.81. The molecule has 0 bridgehead atoms. The number of carbonyl (C=O) groups excluding carboxylic acids is 1. The maximum absolute atomic E-state index is 14.4. The molecule has 0 aliphatic carbocycles. The number of amides is 1. The molecule has 0 spiro atoms. The first kappa shape index (κ1) is 18.6. The summed E-state index contributed by atoms with van der Waals surface area (Å²) >= 11 is 0. The van der Waals surface area contributed by atoms with E-state index in [2.05, 4.69) is 4.99 Å². The Bertz CT molecular complexity index is 1120. The van der Waals surface area contributed by atoms with Crippen LogP contribution in [0.2, 0.25) is 0 Å². The molecule has 3 aromatic rings. The Morgan fingerprint density at radius 1 is 0.931 bits per heavy atom. The minimum absolute atomic E-state index is 0.151. The van der Waals surface area contributed by atoms with Crippen LogP contribution < -0.4 is 9.64 Å². The molecule has 0 unspecified atom stereocenters. The number of anilines is 1. The second-order valence-corrected chi connectivity index (χ2v) is 6.33. The zero-order valence-electron chi connectivity index (χ0n) is 15.5. The molecule has 0 fully saturated rings. The smallest absolute Gasteiger partial charge is 0.282 e. The second kappa shape index (κ2) is 7.67. The van der Waals surface area contributed by atoms with Crippen LogP contribution in [0.5, 0.6) is 5.75 Å². The molecule has 0 N–H and O–H groups in total. The molecular weight excluding hydrogens is 374 g/mol. The van der Waals surface area contributed by atoms with Crippen LogP contribution in [0.15, 0.2) is 83.5 Å². The van der Waals surface area contributed by atoms with E-state index in [0.29, 0.717) is 11.4 Å². The molecular formula is C23H16F2N2O2. The van der Waals surface area contributed by atoms with E-state index in [1.54, 1.807) is 55.7 Å². The van der Waals surface area contributed by atoms with Crippen LogP contribution in [-0.4, -0.2) is 18.9 Å². The van der Waals surface area contributed by atoms with Crippen LogP contribution in [-0.2, 0) is 4.79 Å². The van der Waals surface area contributed by atoms with Crippen molar-refractivity contribution in [2.75, 3.05) is 12.0 Å². The van der Waals surface area contributed by atoms with Crippen LogP contribution in [0.25, 0.3) is 6.08 Å². The fraction of sp³-hybridized carbons (Fsp3) is 0.0435. The van der Waals surface area contributed by atoms with E-state index >= 15 is 0 Å². The number of halogens is 2. The van der Waals surface area contributed by atoms with Crippen LogP contribution in [0.3, 0.4) is 0 Å². The minimum atomic E-state index is -0.503. The molecule has 0 aromatic heterocycles. The van der Waals surface area contributed by atoms with Crippen molar-refractivity contribution in [3.63, 3.8) is 0 Å². The summed E-state index contributed by atoms with van der Waals surface area (Å²) in [5.74, 6) is -0.519. The van der Waals surface area contributed by atoms with E-state index in [-0.39, 0.29) is 17.1 Å². The van der Waals surface area contributed by atoms with Gasteiger partial charge < -0.3 is 4.74 Å². The summed E-state index contributed by atoms with van der Waals surface area (Å²) in [5.41, 5.74) is 1.48. The first-order chi connectivity index (χ1) is 14.1. The lowest BCUT2D eigenvalue weighted by atomic mass is 10.1. The number of nitrogens with zero attached hydrogens (tertiary/aromatic N) is 2. The largest absolute Gasteiger partial charge is 0.497 e. The molecule has 1 amide bonds. The van der Waals surface area contributed by atoms with Crippen molar-refractivity contribution in [2.45, 2.75) is 0 Å². The molecule has 0 atom stereocenters. The SMILES string of the molecule is COc1ccc(/C=C2/N=C(c3ccccc3F)N(c3ccc(F)cc3)C2=O)cc1. The Hall–Kier alpha value is -3.80. The van der Waals surface area contributed by atoms with Gasteiger partial charge in [0.2, 0.25) is 0 Å². The highest BCUT2D eigenvalue weighted by molar-refractivity contribution is 6.33. The number of hydrogen-bond donors (Lipinski definition) is 0. The van der Waals surface area contributed by atoms with Gasteiger partial charge in [0, 0.05) is 0 Å². The van der Waals surface area contributed by atoms with Gasteiger partial charge in [-0.25, -0.2) is 13.8 Å². The molecule has 1 aliphatic rings.